The highest BCUT2D eigenvalue weighted by atomic mass is 16.5. The third-order valence-corrected chi connectivity index (χ3v) is 4.02. The molecule has 5 heteroatoms. The summed E-state index contributed by atoms with van der Waals surface area (Å²) in [6, 6.07) is 7.91. The van der Waals surface area contributed by atoms with Gasteiger partial charge in [0.2, 0.25) is 0 Å². The highest BCUT2D eigenvalue weighted by molar-refractivity contribution is 5.33. The Morgan fingerprint density at radius 3 is 2.50 bits per heavy atom. The van der Waals surface area contributed by atoms with Crippen molar-refractivity contribution in [3.8, 4) is 5.75 Å². The van der Waals surface area contributed by atoms with Crippen molar-refractivity contribution in [1.29, 1.82) is 0 Å². The van der Waals surface area contributed by atoms with E-state index in [9.17, 15) is 0 Å². The van der Waals surface area contributed by atoms with Crippen molar-refractivity contribution in [3.63, 3.8) is 0 Å². The summed E-state index contributed by atoms with van der Waals surface area (Å²) in [5, 5.41) is 17.1. The lowest BCUT2D eigenvalue weighted by molar-refractivity contribution is 0.200. The van der Waals surface area contributed by atoms with Crippen LogP contribution in [0.2, 0.25) is 0 Å². The van der Waals surface area contributed by atoms with Crippen molar-refractivity contribution in [2.45, 2.75) is 53.2 Å². The molecule has 24 heavy (non-hydrogen) atoms. The minimum Gasteiger partial charge on any atom is -0.491 e. The number of rotatable bonds is 7. The van der Waals surface area contributed by atoms with E-state index in [0.717, 1.165) is 23.6 Å². The molecule has 0 bridgehead atoms. The van der Waals surface area contributed by atoms with E-state index < -0.39 is 0 Å². The Morgan fingerprint density at radius 2 is 1.88 bits per heavy atom. The van der Waals surface area contributed by atoms with Gasteiger partial charge in [-0.15, -0.1) is 0 Å². The highest BCUT2D eigenvalue weighted by Gasteiger charge is 2.20. The number of ether oxygens (including phenoxy) is 1. The van der Waals surface area contributed by atoms with Gasteiger partial charge in [-0.1, -0.05) is 18.2 Å². The molecule has 1 heterocycles. The maximum Gasteiger partial charge on any atom is 0.123 e. The van der Waals surface area contributed by atoms with Gasteiger partial charge in [0.05, 0.1) is 17.8 Å². The zero-order chi connectivity index (χ0) is 17.7. The second kappa shape index (κ2) is 7.81. The first-order valence-electron chi connectivity index (χ1n) is 8.42. The van der Waals surface area contributed by atoms with Crippen LogP contribution in [0.1, 0.15) is 43.3 Å². The number of aliphatic hydroxyl groups excluding tert-OH is 1. The molecule has 0 amide bonds. The third-order valence-electron chi connectivity index (χ3n) is 4.02. The zero-order valence-corrected chi connectivity index (χ0v) is 15.4. The lowest BCUT2D eigenvalue weighted by Crippen LogP contribution is -2.24. The van der Waals surface area contributed by atoms with Gasteiger partial charge in [0.15, 0.2) is 0 Å². The van der Waals surface area contributed by atoms with Gasteiger partial charge in [-0.2, -0.15) is 5.10 Å². The molecular formula is C19H29N3O2. The van der Waals surface area contributed by atoms with Gasteiger partial charge in [-0.05, 0) is 40.7 Å². The number of nitrogens with one attached hydrogen (secondary N) is 1. The molecular weight excluding hydrogens is 302 g/mol. The predicted molar refractivity (Wildman–Crippen MR) is 96.3 cm³/mol. The summed E-state index contributed by atoms with van der Waals surface area (Å²) in [7, 11) is 0. The molecule has 0 saturated carbocycles. The van der Waals surface area contributed by atoms with Crippen LogP contribution in [-0.4, -0.2) is 28.1 Å². The van der Waals surface area contributed by atoms with Crippen molar-refractivity contribution < 1.29 is 9.84 Å². The molecule has 0 spiro atoms. The first-order chi connectivity index (χ1) is 11.3. The number of hydrogen-bond donors (Lipinski definition) is 2. The van der Waals surface area contributed by atoms with E-state index in [1.165, 1.54) is 11.3 Å². The SMILES string of the molecule is Cc1nn(C(C)(C)C)c(C)c1CNCc1ccccc1OCCO. The summed E-state index contributed by atoms with van der Waals surface area (Å²) in [5.41, 5.74) is 4.60. The molecule has 0 aliphatic carbocycles. The molecule has 2 N–H and O–H groups in total. The van der Waals surface area contributed by atoms with Gasteiger partial charge in [-0.3, -0.25) is 4.68 Å². The van der Waals surface area contributed by atoms with Crippen LogP contribution in [0.5, 0.6) is 5.75 Å². The maximum absolute atomic E-state index is 8.92. The molecule has 2 aromatic rings. The van der Waals surface area contributed by atoms with Gasteiger partial charge in [0, 0.05) is 29.9 Å². The molecule has 0 unspecified atom stereocenters. The Morgan fingerprint density at radius 1 is 1.17 bits per heavy atom. The highest BCUT2D eigenvalue weighted by Crippen LogP contribution is 2.22. The first kappa shape index (κ1) is 18.5. The summed E-state index contributed by atoms with van der Waals surface area (Å²) in [6.45, 7) is 12.5. The summed E-state index contributed by atoms with van der Waals surface area (Å²) in [4.78, 5) is 0. The molecule has 0 atom stereocenters. The topological polar surface area (TPSA) is 59.3 Å². The number of aromatic nitrogens is 2. The van der Waals surface area contributed by atoms with Crippen LogP contribution in [0.25, 0.3) is 0 Å². The largest absolute Gasteiger partial charge is 0.491 e. The molecule has 0 saturated heterocycles. The summed E-state index contributed by atoms with van der Waals surface area (Å²) in [6.07, 6.45) is 0. The fourth-order valence-electron chi connectivity index (χ4n) is 2.85. The third kappa shape index (κ3) is 4.36. The van der Waals surface area contributed by atoms with Crippen LogP contribution >= 0.6 is 0 Å². The van der Waals surface area contributed by atoms with Crippen molar-refractivity contribution in [1.82, 2.24) is 15.1 Å². The maximum atomic E-state index is 8.92. The number of para-hydroxylation sites is 1. The minimum absolute atomic E-state index is 0.0160. The van der Waals surface area contributed by atoms with E-state index in [4.69, 9.17) is 9.84 Å². The Balaban J connectivity index is 2.04. The summed E-state index contributed by atoms with van der Waals surface area (Å²) >= 11 is 0. The van der Waals surface area contributed by atoms with Crippen molar-refractivity contribution >= 4 is 0 Å². The lowest BCUT2D eigenvalue weighted by Gasteiger charge is -2.21. The monoisotopic (exact) mass is 331 g/mol. The van der Waals surface area contributed by atoms with Gasteiger partial charge in [0.1, 0.15) is 12.4 Å². The standard InChI is InChI=1S/C19H29N3O2/c1-14-17(15(2)22(21-14)19(3,4)5)13-20-12-16-8-6-7-9-18(16)24-11-10-23/h6-9,20,23H,10-13H2,1-5H3. The van der Waals surface area contributed by atoms with Crippen LogP contribution in [0, 0.1) is 13.8 Å². The average molecular weight is 331 g/mol. The Bertz CT molecular complexity index is 672. The molecule has 1 aromatic carbocycles. The van der Waals surface area contributed by atoms with Crippen LogP contribution in [-0.2, 0) is 18.6 Å². The predicted octanol–water partition coefficient (Wildman–Crippen LogP) is 2.92. The Labute approximate surface area is 144 Å². The number of aliphatic hydroxyl groups is 1. The van der Waals surface area contributed by atoms with Gasteiger partial charge in [0.25, 0.3) is 0 Å². The lowest BCUT2D eigenvalue weighted by atomic mass is 10.1. The van der Waals surface area contributed by atoms with E-state index in [0.29, 0.717) is 13.2 Å². The molecule has 5 nitrogen and oxygen atoms in total. The van der Waals surface area contributed by atoms with Crippen molar-refractivity contribution in [2.24, 2.45) is 0 Å². The Kier molecular flexibility index (Phi) is 6.02. The second-order valence-electron chi connectivity index (χ2n) is 7.02. The van der Waals surface area contributed by atoms with E-state index in [1.807, 2.05) is 24.3 Å². The fourth-order valence-corrected chi connectivity index (χ4v) is 2.85. The van der Waals surface area contributed by atoms with Crippen LogP contribution in [0.4, 0.5) is 0 Å². The number of benzene rings is 1. The Hall–Kier alpha value is -1.85. The summed E-state index contributed by atoms with van der Waals surface area (Å²) in [5.74, 6) is 0.817. The normalized spacial score (nSPS) is 11.8. The molecule has 0 radical (unpaired) electrons. The van der Waals surface area contributed by atoms with Gasteiger partial charge >= 0.3 is 0 Å². The van der Waals surface area contributed by atoms with Crippen LogP contribution in [0.3, 0.4) is 0 Å². The average Bonchev–Trinajstić information content (AvgIpc) is 2.82. The smallest absolute Gasteiger partial charge is 0.123 e. The van der Waals surface area contributed by atoms with E-state index >= 15 is 0 Å². The molecule has 132 valence electrons. The van der Waals surface area contributed by atoms with Crippen molar-refractivity contribution in [2.75, 3.05) is 13.2 Å². The van der Waals surface area contributed by atoms with Crippen LogP contribution in [0.15, 0.2) is 24.3 Å². The van der Waals surface area contributed by atoms with E-state index in [-0.39, 0.29) is 12.1 Å². The quantitative estimate of drug-likeness (QED) is 0.819. The van der Waals surface area contributed by atoms with Gasteiger partial charge in [-0.25, -0.2) is 0 Å². The first-order valence-corrected chi connectivity index (χ1v) is 8.42. The van der Waals surface area contributed by atoms with Gasteiger partial charge < -0.3 is 15.2 Å². The van der Waals surface area contributed by atoms with E-state index in [1.54, 1.807) is 0 Å². The van der Waals surface area contributed by atoms with E-state index in [2.05, 4.69) is 49.7 Å². The second-order valence-corrected chi connectivity index (χ2v) is 7.02. The molecule has 0 aliphatic heterocycles. The number of aryl methyl sites for hydroxylation is 1. The molecule has 0 aliphatic rings. The minimum atomic E-state index is -0.0160. The zero-order valence-electron chi connectivity index (χ0n) is 15.4. The molecule has 1 aromatic heterocycles. The number of hydrogen-bond acceptors (Lipinski definition) is 4. The van der Waals surface area contributed by atoms with Crippen LogP contribution < -0.4 is 10.1 Å². The van der Waals surface area contributed by atoms with Crippen molar-refractivity contribution in [3.05, 3.63) is 46.8 Å². The molecule has 0 fully saturated rings. The fraction of sp³-hybridized carbons (Fsp3) is 0.526. The summed E-state index contributed by atoms with van der Waals surface area (Å²) < 4.78 is 7.67. The number of nitrogens with zero attached hydrogens (tertiary/aromatic N) is 2. The molecule has 2 rings (SSSR count).